The van der Waals surface area contributed by atoms with Crippen molar-refractivity contribution in [2.75, 3.05) is 13.4 Å². The number of aromatic nitrogens is 1. The highest BCUT2D eigenvalue weighted by Gasteiger charge is 2.28. The van der Waals surface area contributed by atoms with Gasteiger partial charge in [-0.25, -0.2) is 0 Å². The Morgan fingerprint density at radius 2 is 1.83 bits per heavy atom. The number of aryl methyl sites for hydroxylation is 1. The van der Waals surface area contributed by atoms with Crippen LogP contribution in [0.3, 0.4) is 0 Å². The molecule has 1 aliphatic rings. The van der Waals surface area contributed by atoms with Gasteiger partial charge in [-0.1, -0.05) is 30.3 Å². The van der Waals surface area contributed by atoms with Gasteiger partial charge in [0, 0.05) is 25.2 Å². The van der Waals surface area contributed by atoms with Gasteiger partial charge in [-0.2, -0.15) is 0 Å². The highest BCUT2D eigenvalue weighted by atomic mass is 16.7. The standard InChI is InChI=1S/C26H29N3O6/c1-4-29-13-18(23(31)17-11-21-22(12-20(17)29)35-15-34-21)24(32)27-19(10-16-8-6-5-7-9-16)25(33)28-26(2,3)14-30/h5-9,11-13,19,30H,4,10,14-15H2,1-3H3,(H,27,32)(H,28,33). The fourth-order valence-electron chi connectivity index (χ4n) is 3.96. The van der Waals surface area contributed by atoms with E-state index in [4.69, 9.17) is 9.47 Å². The summed E-state index contributed by atoms with van der Waals surface area (Å²) in [5, 5.41) is 15.4. The van der Waals surface area contributed by atoms with E-state index in [9.17, 15) is 19.5 Å². The molecule has 35 heavy (non-hydrogen) atoms. The molecule has 1 aromatic heterocycles. The van der Waals surface area contributed by atoms with E-state index in [0.29, 0.717) is 28.9 Å². The van der Waals surface area contributed by atoms with Crippen molar-refractivity contribution in [3.63, 3.8) is 0 Å². The average molecular weight is 480 g/mol. The number of amides is 2. The molecule has 0 fully saturated rings. The highest BCUT2D eigenvalue weighted by Crippen LogP contribution is 2.35. The predicted octanol–water partition coefficient (Wildman–Crippen LogP) is 1.98. The zero-order valence-corrected chi connectivity index (χ0v) is 20.0. The molecule has 2 amide bonds. The van der Waals surface area contributed by atoms with Crippen LogP contribution in [0.5, 0.6) is 11.5 Å². The highest BCUT2D eigenvalue weighted by molar-refractivity contribution is 6.00. The number of hydrogen-bond acceptors (Lipinski definition) is 6. The van der Waals surface area contributed by atoms with Crippen LogP contribution in [0.25, 0.3) is 10.9 Å². The first-order valence-corrected chi connectivity index (χ1v) is 11.5. The third kappa shape index (κ3) is 5.14. The maximum atomic E-state index is 13.3. The van der Waals surface area contributed by atoms with Crippen molar-refractivity contribution in [3.8, 4) is 11.5 Å². The minimum absolute atomic E-state index is 0.0692. The number of nitrogens with zero attached hydrogens (tertiary/aromatic N) is 1. The number of aliphatic hydroxyl groups is 1. The fourth-order valence-corrected chi connectivity index (χ4v) is 3.96. The lowest BCUT2D eigenvalue weighted by molar-refractivity contribution is -0.125. The van der Waals surface area contributed by atoms with Gasteiger partial charge < -0.3 is 29.8 Å². The van der Waals surface area contributed by atoms with E-state index in [-0.39, 0.29) is 25.4 Å². The van der Waals surface area contributed by atoms with Crippen LogP contribution < -0.4 is 25.5 Å². The van der Waals surface area contributed by atoms with Crippen molar-refractivity contribution >= 4 is 22.7 Å². The number of hydrogen-bond donors (Lipinski definition) is 3. The molecule has 3 aromatic rings. The van der Waals surface area contributed by atoms with E-state index in [1.165, 1.54) is 6.20 Å². The van der Waals surface area contributed by atoms with E-state index >= 15 is 0 Å². The maximum Gasteiger partial charge on any atom is 0.257 e. The quantitative estimate of drug-likeness (QED) is 0.455. The molecule has 2 heterocycles. The van der Waals surface area contributed by atoms with Crippen LogP contribution >= 0.6 is 0 Å². The molecule has 184 valence electrons. The molecule has 9 nitrogen and oxygen atoms in total. The lowest BCUT2D eigenvalue weighted by Crippen LogP contribution is -2.55. The number of aliphatic hydroxyl groups excluding tert-OH is 1. The van der Waals surface area contributed by atoms with Crippen molar-refractivity contribution in [3.05, 3.63) is 70.0 Å². The molecular formula is C26H29N3O6. The second-order valence-corrected chi connectivity index (χ2v) is 9.13. The lowest BCUT2D eigenvalue weighted by atomic mass is 10.0. The van der Waals surface area contributed by atoms with Crippen LogP contribution in [0.1, 0.15) is 36.7 Å². The molecule has 1 atom stereocenters. The minimum Gasteiger partial charge on any atom is -0.454 e. The van der Waals surface area contributed by atoms with E-state index in [0.717, 1.165) is 5.56 Å². The van der Waals surface area contributed by atoms with E-state index < -0.39 is 28.8 Å². The summed E-state index contributed by atoms with van der Waals surface area (Å²) < 4.78 is 12.6. The molecule has 2 aromatic carbocycles. The zero-order valence-electron chi connectivity index (χ0n) is 20.0. The largest absolute Gasteiger partial charge is 0.454 e. The molecule has 1 aliphatic heterocycles. The van der Waals surface area contributed by atoms with Crippen LogP contribution in [0.15, 0.2) is 53.5 Å². The Balaban J connectivity index is 1.69. The summed E-state index contributed by atoms with van der Waals surface area (Å²) >= 11 is 0. The summed E-state index contributed by atoms with van der Waals surface area (Å²) in [5.41, 5.74) is 0.0472. The molecule has 0 saturated carbocycles. The Bertz CT molecular complexity index is 1320. The Morgan fingerprint density at radius 3 is 2.49 bits per heavy atom. The summed E-state index contributed by atoms with van der Waals surface area (Å²) in [6.45, 7) is 5.57. The SMILES string of the molecule is CCn1cc(C(=O)NC(Cc2ccccc2)C(=O)NC(C)(C)CO)c(=O)c2cc3c(cc21)OCO3. The number of nitrogens with one attached hydrogen (secondary N) is 2. The Kier molecular flexibility index (Phi) is 6.79. The van der Waals surface area contributed by atoms with Crippen molar-refractivity contribution in [1.82, 2.24) is 15.2 Å². The van der Waals surface area contributed by atoms with Crippen molar-refractivity contribution in [2.45, 2.75) is 45.3 Å². The van der Waals surface area contributed by atoms with Gasteiger partial charge >= 0.3 is 0 Å². The number of carbonyl (C=O) groups excluding carboxylic acids is 2. The second-order valence-electron chi connectivity index (χ2n) is 9.13. The normalized spacial score (nSPS) is 13.5. The van der Waals surface area contributed by atoms with Gasteiger partial charge in [-0.15, -0.1) is 0 Å². The summed E-state index contributed by atoms with van der Waals surface area (Å²) in [6, 6.07) is 11.6. The van der Waals surface area contributed by atoms with Crippen molar-refractivity contribution in [2.24, 2.45) is 0 Å². The van der Waals surface area contributed by atoms with Crippen LogP contribution in [0, 0.1) is 0 Å². The zero-order chi connectivity index (χ0) is 25.2. The topological polar surface area (TPSA) is 119 Å². The summed E-state index contributed by atoms with van der Waals surface area (Å²) in [4.78, 5) is 39.7. The van der Waals surface area contributed by atoms with E-state index in [1.807, 2.05) is 37.3 Å². The van der Waals surface area contributed by atoms with Gasteiger partial charge in [0.2, 0.25) is 18.1 Å². The van der Waals surface area contributed by atoms with Gasteiger partial charge in [-0.3, -0.25) is 14.4 Å². The molecule has 0 saturated heterocycles. The molecule has 3 N–H and O–H groups in total. The van der Waals surface area contributed by atoms with Crippen molar-refractivity contribution in [1.29, 1.82) is 0 Å². The van der Waals surface area contributed by atoms with Crippen molar-refractivity contribution < 1.29 is 24.2 Å². The number of pyridine rings is 1. The van der Waals surface area contributed by atoms with Crippen LogP contribution in [-0.2, 0) is 17.8 Å². The van der Waals surface area contributed by atoms with Gasteiger partial charge in [0.1, 0.15) is 11.6 Å². The van der Waals surface area contributed by atoms with Gasteiger partial charge in [0.15, 0.2) is 11.5 Å². The van der Waals surface area contributed by atoms with Gasteiger partial charge in [0.05, 0.1) is 23.0 Å². The van der Waals surface area contributed by atoms with Crippen LogP contribution in [-0.4, -0.2) is 46.5 Å². The molecule has 0 radical (unpaired) electrons. The van der Waals surface area contributed by atoms with Gasteiger partial charge in [0.25, 0.3) is 5.91 Å². The second kappa shape index (κ2) is 9.79. The first-order valence-electron chi connectivity index (χ1n) is 11.5. The summed E-state index contributed by atoms with van der Waals surface area (Å²) in [6.07, 6.45) is 1.71. The average Bonchev–Trinajstić information content (AvgIpc) is 3.31. The summed E-state index contributed by atoms with van der Waals surface area (Å²) in [5.74, 6) is -0.124. The smallest absolute Gasteiger partial charge is 0.257 e. The molecule has 0 bridgehead atoms. The first-order chi connectivity index (χ1) is 16.7. The fraction of sp³-hybridized carbons (Fsp3) is 0.346. The number of ether oxygens (including phenoxy) is 2. The lowest BCUT2D eigenvalue weighted by Gasteiger charge is -2.27. The summed E-state index contributed by atoms with van der Waals surface area (Å²) in [7, 11) is 0. The Labute approximate surface area is 202 Å². The molecule has 4 rings (SSSR count). The molecule has 1 unspecified atom stereocenters. The molecule has 9 heteroatoms. The Morgan fingerprint density at radius 1 is 1.14 bits per heavy atom. The minimum atomic E-state index is -0.961. The molecule has 0 spiro atoms. The van der Waals surface area contributed by atoms with E-state index in [2.05, 4.69) is 10.6 Å². The maximum absolute atomic E-state index is 13.3. The molecule has 0 aliphatic carbocycles. The number of fused-ring (bicyclic) bond motifs is 2. The van der Waals surface area contributed by atoms with Crippen LogP contribution in [0.4, 0.5) is 0 Å². The Hall–Kier alpha value is -3.85. The molecular weight excluding hydrogens is 450 g/mol. The number of carbonyl (C=O) groups is 2. The third-order valence-corrected chi connectivity index (χ3v) is 5.92. The number of rotatable bonds is 8. The van der Waals surface area contributed by atoms with Crippen LogP contribution in [0.2, 0.25) is 0 Å². The predicted molar refractivity (Wildman–Crippen MR) is 131 cm³/mol. The number of benzene rings is 2. The first kappa shape index (κ1) is 24.3. The monoisotopic (exact) mass is 479 g/mol. The van der Waals surface area contributed by atoms with Gasteiger partial charge in [-0.05, 0) is 32.4 Å². The third-order valence-electron chi connectivity index (χ3n) is 5.92. The van der Waals surface area contributed by atoms with E-state index in [1.54, 1.807) is 30.5 Å².